The number of rotatable bonds is 4. The summed E-state index contributed by atoms with van der Waals surface area (Å²) in [4.78, 5) is 10.9. The number of nitrogens with zero attached hydrogens (tertiary/aromatic N) is 3. The first-order valence-electron chi connectivity index (χ1n) is 6.93. The number of halogens is 2. The number of hydrogen-bond acceptors (Lipinski definition) is 4. The molecule has 0 atom stereocenters. The average Bonchev–Trinajstić information content (AvgIpc) is 2.90. The van der Waals surface area contributed by atoms with Crippen LogP contribution in [0.3, 0.4) is 0 Å². The minimum absolute atomic E-state index is 0.0979. The molecule has 0 amide bonds. The van der Waals surface area contributed by atoms with Gasteiger partial charge in [-0.3, -0.25) is 0 Å². The van der Waals surface area contributed by atoms with Crippen molar-refractivity contribution in [1.29, 1.82) is 5.26 Å². The Balaban J connectivity index is 1.93. The summed E-state index contributed by atoms with van der Waals surface area (Å²) in [6.45, 7) is 0.791. The number of H-pyrrole nitrogens is 1. The van der Waals surface area contributed by atoms with E-state index >= 15 is 0 Å². The van der Waals surface area contributed by atoms with Gasteiger partial charge in [-0.15, -0.1) is 0 Å². The average molecular weight is 313 g/mol. The van der Waals surface area contributed by atoms with Gasteiger partial charge in [0.2, 0.25) is 5.95 Å². The second kappa shape index (κ2) is 5.65. The third-order valence-corrected chi connectivity index (χ3v) is 3.40. The molecule has 5 nitrogen and oxygen atoms in total. The maximum atomic E-state index is 13.3. The first-order chi connectivity index (χ1) is 11.0. The van der Waals surface area contributed by atoms with Gasteiger partial charge in [0.1, 0.15) is 5.69 Å². The highest BCUT2D eigenvalue weighted by molar-refractivity contribution is 5.87. The van der Waals surface area contributed by atoms with Crippen LogP contribution in [0.2, 0.25) is 0 Å². The molecule has 2 heterocycles. The van der Waals surface area contributed by atoms with Crippen LogP contribution in [-0.4, -0.2) is 15.0 Å². The number of anilines is 2. The standard InChI is InChI=1S/C16H13F2N5/c1-16(17,18)14-5-7-20-15(23-14)22-11-2-3-13-12(8-11)10(4-6-19)9-21-13/h2-3,5,7-9,21H,4H2,1H3,(H,20,22,23). The zero-order valence-corrected chi connectivity index (χ0v) is 12.3. The van der Waals surface area contributed by atoms with Crippen LogP contribution in [-0.2, 0) is 12.3 Å². The zero-order valence-electron chi connectivity index (χ0n) is 12.3. The lowest BCUT2D eigenvalue weighted by molar-refractivity contribution is 0.0128. The lowest BCUT2D eigenvalue weighted by Gasteiger charge is -2.11. The Morgan fingerprint density at radius 1 is 1.35 bits per heavy atom. The van der Waals surface area contributed by atoms with Crippen molar-refractivity contribution >= 4 is 22.5 Å². The molecule has 0 bridgehead atoms. The molecule has 0 spiro atoms. The Morgan fingerprint density at radius 2 is 2.17 bits per heavy atom. The fourth-order valence-corrected chi connectivity index (χ4v) is 2.28. The number of benzene rings is 1. The second-order valence-electron chi connectivity index (χ2n) is 5.19. The second-order valence-corrected chi connectivity index (χ2v) is 5.19. The van der Waals surface area contributed by atoms with Crippen molar-refractivity contribution in [3.05, 3.63) is 47.9 Å². The van der Waals surface area contributed by atoms with Gasteiger partial charge in [0.25, 0.3) is 5.92 Å². The van der Waals surface area contributed by atoms with Crippen LogP contribution in [0, 0.1) is 11.3 Å². The number of fused-ring (bicyclic) bond motifs is 1. The molecule has 0 fully saturated rings. The maximum absolute atomic E-state index is 13.3. The van der Waals surface area contributed by atoms with Crippen molar-refractivity contribution in [2.75, 3.05) is 5.32 Å². The van der Waals surface area contributed by atoms with Crippen LogP contribution in [0.15, 0.2) is 36.7 Å². The summed E-state index contributed by atoms with van der Waals surface area (Å²) in [5, 5.41) is 12.7. The van der Waals surface area contributed by atoms with Crippen LogP contribution in [0.4, 0.5) is 20.4 Å². The van der Waals surface area contributed by atoms with E-state index in [4.69, 9.17) is 5.26 Å². The summed E-state index contributed by atoms with van der Waals surface area (Å²) in [5.74, 6) is -2.93. The minimum atomic E-state index is -3.02. The number of alkyl halides is 2. The lowest BCUT2D eigenvalue weighted by Crippen LogP contribution is -2.11. The van der Waals surface area contributed by atoms with Crippen LogP contribution in [0.25, 0.3) is 10.9 Å². The number of aromatic amines is 1. The quantitative estimate of drug-likeness (QED) is 0.766. The fourth-order valence-electron chi connectivity index (χ4n) is 2.28. The van der Waals surface area contributed by atoms with Crippen molar-refractivity contribution in [2.45, 2.75) is 19.3 Å². The monoisotopic (exact) mass is 313 g/mol. The Hall–Kier alpha value is -3.01. The zero-order chi connectivity index (χ0) is 16.4. The highest BCUT2D eigenvalue weighted by Crippen LogP contribution is 2.27. The molecule has 116 valence electrons. The molecule has 1 aromatic carbocycles. The molecule has 2 N–H and O–H groups in total. The molecule has 3 rings (SSSR count). The van der Waals surface area contributed by atoms with Crippen LogP contribution in [0.1, 0.15) is 18.2 Å². The molecule has 2 aromatic heterocycles. The molecule has 0 aliphatic heterocycles. The fraction of sp³-hybridized carbons (Fsp3) is 0.188. The summed E-state index contributed by atoms with van der Waals surface area (Å²) < 4.78 is 26.6. The first-order valence-corrected chi connectivity index (χ1v) is 6.93. The Morgan fingerprint density at radius 3 is 2.91 bits per heavy atom. The summed E-state index contributed by atoms with van der Waals surface area (Å²) in [5.41, 5.74) is 2.09. The molecular weight excluding hydrogens is 300 g/mol. The minimum Gasteiger partial charge on any atom is -0.361 e. The third kappa shape index (κ3) is 3.11. The maximum Gasteiger partial charge on any atom is 0.287 e. The molecule has 0 radical (unpaired) electrons. The Kier molecular flexibility index (Phi) is 3.66. The van der Waals surface area contributed by atoms with Crippen LogP contribution >= 0.6 is 0 Å². The number of aromatic nitrogens is 3. The predicted molar refractivity (Wildman–Crippen MR) is 82.5 cm³/mol. The Labute approximate surface area is 131 Å². The van der Waals surface area contributed by atoms with Gasteiger partial charge in [0.15, 0.2) is 0 Å². The summed E-state index contributed by atoms with van der Waals surface area (Å²) in [7, 11) is 0. The van der Waals surface area contributed by atoms with Crippen molar-refractivity contribution in [3.63, 3.8) is 0 Å². The summed E-state index contributed by atoms with van der Waals surface area (Å²) in [6.07, 6.45) is 3.36. The van der Waals surface area contributed by atoms with Crippen molar-refractivity contribution < 1.29 is 8.78 Å². The van der Waals surface area contributed by atoms with E-state index in [9.17, 15) is 8.78 Å². The van der Waals surface area contributed by atoms with Gasteiger partial charge in [0.05, 0.1) is 12.5 Å². The number of hydrogen-bond donors (Lipinski definition) is 2. The van der Waals surface area contributed by atoms with Gasteiger partial charge in [-0.1, -0.05) is 0 Å². The van der Waals surface area contributed by atoms with Gasteiger partial charge in [0, 0.05) is 35.9 Å². The Bertz CT molecular complexity index is 889. The first kappa shape index (κ1) is 14.9. The molecule has 3 aromatic rings. The summed E-state index contributed by atoms with van der Waals surface area (Å²) in [6, 6.07) is 8.76. The molecule has 0 saturated carbocycles. The van der Waals surface area contributed by atoms with Crippen molar-refractivity contribution in [3.8, 4) is 6.07 Å². The van der Waals surface area contributed by atoms with E-state index in [0.717, 1.165) is 23.4 Å². The largest absolute Gasteiger partial charge is 0.361 e. The third-order valence-electron chi connectivity index (χ3n) is 3.40. The normalized spacial score (nSPS) is 11.4. The summed E-state index contributed by atoms with van der Waals surface area (Å²) >= 11 is 0. The van der Waals surface area contributed by atoms with E-state index in [2.05, 4.69) is 26.3 Å². The van der Waals surface area contributed by atoms with E-state index in [0.29, 0.717) is 5.69 Å². The molecule has 0 aliphatic rings. The highest BCUT2D eigenvalue weighted by Gasteiger charge is 2.26. The highest BCUT2D eigenvalue weighted by atomic mass is 19.3. The van der Waals surface area contributed by atoms with Gasteiger partial charge < -0.3 is 10.3 Å². The van der Waals surface area contributed by atoms with Gasteiger partial charge in [-0.2, -0.15) is 14.0 Å². The SMILES string of the molecule is CC(F)(F)c1ccnc(Nc2ccc3[nH]cc(CC#N)c3c2)n1. The van der Waals surface area contributed by atoms with Gasteiger partial charge >= 0.3 is 0 Å². The van der Waals surface area contributed by atoms with E-state index < -0.39 is 5.92 Å². The molecule has 0 saturated heterocycles. The lowest BCUT2D eigenvalue weighted by atomic mass is 10.1. The van der Waals surface area contributed by atoms with E-state index in [1.54, 1.807) is 12.3 Å². The van der Waals surface area contributed by atoms with Crippen LogP contribution < -0.4 is 5.32 Å². The molecule has 0 unspecified atom stereocenters. The molecule has 23 heavy (non-hydrogen) atoms. The van der Waals surface area contributed by atoms with Crippen LogP contribution in [0.5, 0.6) is 0 Å². The predicted octanol–water partition coefficient (Wildman–Crippen LogP) is 3.88. The smallest absolute Gasteiger partial charge is 0.287 e. The number of nitriles is 1. The topological polar surface area (TPSA) is 77.4 Å². The van der Waals surface area contributed by atoms with Crippen molar-refractivity contribution in [2.24, 2.45) is 0 Å². The van der Waals surface area contributed by atoms with E-state index in [1.807, 2.05) is 12.1 Å². The van der Waals surface area contributed by atoms with Gasteiger partial charge in [-0.25, -0.2) is 9.97 Å². The van der Waals surface area contributed by atoms with E-state index in [-0.39, 0.29) is 18.1 Å². The van der Waals surface area contributed by atoms with Crippen molar-refractivity contribution in [1.82, 2.24) is 15.0 Å². The molecule has 7 heteroatoms. The molecule has 0 aliphatic carbocycles. The number of nitrogens with one attached hydrogen (secondary N) is 2. The van der Waals surface area contributed by atoms with E-state index in [1.165, 1.54) is 12.3 Å². The molecular formula is C16H13F2N5. The van der Waals surface area contributed by atoms with Gasteiger partial charge in [-0.05, 0) is 29.8 Å².